The molecule has 0 atom stereocenters. The Balaban J connectivity index is 2.07. The van der Waals surface area contributed by atoms with E-state index in [4.69, 9.17) is 4.74 Å². The molecule has 0 heterocycles. The van der Waals surface area contributed by atoms with Crippen LogP contribution in [0.25, 0.3) is 6.08 Å². The van der Waals surface area contributed by atoms with E-state index in [-0.39, 0.29) is 6.42 Å². The summed E-state index contributed by atoms with van der Waals surface area (Å²) in [7, 11) is 1.56. The van der Waals surface area contributed by atoms with Gasteiger partial charge in [-0.1, -0.05) is 42.5 Å². The molecule has 2 rings (SSSR count). The molecule has 0 saturated carbocycles. The van der Waals surface area contributed by atoms with Crippen molar-refractivity contribution in [2.24, 2.45) is 0 Å². The molecule has 0 fully saturated rings. The van der Waals surface area contributed by atoms with Gasteiger partial charge in [-0.15, -0.1) is 0 Å². The quantitative estimate of drug-likeness (QED) is 0.772. The largest absolute Gasteiger partial charge is 0.497 e. The lowest BCUT2D eigenvalue weighted by Crippen LogP contribution is -2.02. The second kappa shape index (κ2) is 6.66. The van der Waals surface area contributed by atoms with Gasteiger partial charge in [0.2, 0.25) is 0 Å². The number of hydrogen-bond acceptors (Lipinski definition) is 2. The Kier molecular flexibility index (Phi) is 4.66. The van der Waals surface area contributed by atoms with E-state index in [1.165, 1.54) is 6.08 Å². The number of carbonyl (C=O) groups excluding carboxylic acids is 1. The maximum Gasteiger partial charge on any atom is 0.195 e. The molecule has 102 valence electrons. The van der Waals surface area contributed by atoms with Crippen LogP contribution in [0.4, 0.5) is 4.39 Å². The summed E-state index contributed by atoms with van der Waals surface area (Å²) in [6.45, 7) is 0. The van der Waals surface area contributed by atoms with Crippen LogP contribution in [0.15, 0.2) is 60.4 Å². The molecular formula is C17H15FO2. The average Bonchev–Trinajstić information content (AvgIpc) is 2.49. The zero-order valence-electron chi connectivity index (χ0n) is 11.2. The Bertz CT molecular complexity index is 601. The highest BCUT2D eigenvalue weighted by molar-refractivity contribution is 5.98. The van der Waals surface area contributed by atoms with E-state index in [0.717, 1.165) is 5.56 Å². The highest BCUT2D eigenvalue weighted by Crippen LogP contribution is 2.15. The summed E-state index contributed by atoms with van der Waals surface area (Å²) >= 11 is 0. The normalized spacial score (nSPS) is 11.2. The van der Waals surface area contributed by atoms with Crippen molar-refractivity contribution in [2.75, 3.05) is 7.11 Å². The Hall–Kier alpha value is -2.42. The number of methoxy groups -OCH3 is 1. The molecule has 0 aliphatic carbocycles. The van der Waals surface area contributed by atoms with Gasteiger partial charge in [0.05, 0.1) is 7.11 Å². The molecule has 0 spiro atoms. The first-order valence-corrected chi connectivity index (χ1v) is 6.27. The van der Waals surface area contributed by atoms with Crippen molar-refractivity contribution < 1.29 is 13.9 Å². The second-order valence-corrected chi connectivity index (χ2v) is 4.35. The fourth-order valence-corrected chi connectivity index (χ4v) is 1.79. The second-order valence-electron chi connectivity index (χ2n) is 4.35. The number of ether oxygens (including phenoxy) is 1. The lowest BCUT2D eigenvalue weighted by Gasteiger charge is -2.01. The highest BCUT2D eigenvalue weighted by atomic mass is 19.1. The number of halogens is 1. The third-order valence-electron chi connectivity index (χ3n) is 2.88. The molecule has 0 aliphatic heterocycles. The minimum atomic E-state index is -0.737. The summed E-state index contributed by atoms with van der Waals surface area (Å²) in [4.78, 5) is 11.8. The Morgan fingerprint density at radius 1 is 1.10 bits per heavy atom. The van der Waals surface area contributed by atoms with E-state index in [1.54, 1.807) is 43.5 Å². The van der Waals surface area contributed by atoms with E-state index < -0.39 is 11.6 Å². The first kappa shape index (κ1) is 14.0. The highest BCUT2D eigenvalue weighted by Gasteiger charge is 2.09. The summed E-state index contributed by atoms with van der Waals surface area (Å²) in [6.07, 6.45) is 1.31. The van der Waals surface area contributed by atoms with E-state index >= 15 is 0 Å². The van der Waals surface area contributed by atoms with Gasteiger partial charge in [-0.2, -0.15) is 0 Å². The maximum atomic E-state index is 13.8. The molecule has 2 aromatic rings. The summed E-state index contributed by atoms with van der Waals surface area (Å²) in [5, 5.41) is 0. The topological polar surface area (TPSA) is 26.3 Å². The fourth-order valence-electron chi connectivity index (χ4n) is 1.79. The van der Waals surface area contributed by atoms with Crippen LogP contribution in [0, 0.1) is 0 Å². The predicted octanol–water partition coefficient (Wildman–Crippen LogP) is 3.82. The lowest BCUT2D eigenvalue weighted by molar-refractivity contribution is -0.116. The number of ketones is 1. The van der Waals surface area contributed by atoms with E-state index in [1.807, 2.05) is 18.2 Å². The molecule has 0 unspecified atom stereocenters. The van der Waals surface area contributed by atoms with Crippen molar-refractivity contribution >= 4 is 11.9 Å². The Morgan fingerprint density at radius 3 is 2.35 bits per heavy atom. The van der Waals surface area contributed by atoms with Crippen molar-refractivity contribution in [3.8, 4) is 5.75 Å². The molecular weight excluding hydrogens is 255 g/mol. The van der Waals surface area contributed by atoms with Gasteiger partial charge < -0.3 is 4.74 Å². The van der Waals surface area contributed by atoms with Gasteiger partial charge in [0.1, 0.15) is 5.75 Å². The van der Waals surface area contributed by atoms with Crippen molar-refractivity contribution in [3.63, 3.8) is 0 Å². The third-order valence-corrected chi connectivity index (χ3v) is 2.88. The van der Waals surface area contributed by atoms with E-state index in [2.05, 4.69) is 0 Å². The zero-order valence-corrected chi connectivity index (χ0v) is 11.2. The van der Waals surface area contributed by atoms with Crippen molar-refractivity contribution in [2.45, 2.75) is 6.42 Å². The SMILES string of the molecule is COc1ccc(/C=C(/F)C(=O)Cc2ccccc2)cc1. The molecule has 0 saturated heterocycles. The zero-order chi connectivity index (χ0) is 14.4. The van der Waals surface area contributed by atoms with E-state index in [0.29, 0.717) is 11.3 Å². The number of rotatable bonds is 5. The minimum Gasteiger partial charge on any atom is -0.497 e. The Labute approximate surface area is 117 Å². The molecule has 0 aromatic heterocycles. The first-order valence-electron chi connectivity index (χ1n) is 6.27. The molecule has 20 heavy (non-hydrogen) atoms. The van der Waals surface area contributed by atoms with Crippen LogP contribution in [-0.2, 0) is 11.2 Å². The van der Waals surface area contributed by atoms with Gasteiger partial charge in [-0.25, -0.2) is 4.39 Å². The molecule has 3 heteroatoms. The van der Waals surface area contributed by atoms with Gasteiger partial charge in [-0.3, -0.25) is 4.79 Å². The Morgan fingerprint density at radius 2 is 1.75 bits per heavy atom. The van der Waals surface area contributed by atoms with Crippen LogP contribution in [0.2, 0.25) is 0 Å². The van der Waals surface area contributed by atoms with Crippen LogP contribution in [0.1, 0.15) is 11.1 Å². The molecule has 0 radical (unpaired) electrons. The molecule has 0 bridgehead atoms. The van der Waals surface area contributed by atoms with Crippen molar-refractivity contribution in [1.82, 2.24) is 0 Å². The van der Waals surface area contributed by atoms with Crippen LogP contribution in [0.3, 0.4) is 0 Å². The van der Waals surface area contributed by atoms with Crippen LogP contribution >= 0.6 is 0 Å². The van der Waals surface area contributed by atoms with Gasteiger partial charge in [0, 0.05) is 6.42 Å². The van der Waals surface area contributed by atoms with Gasteiger partial charge in [0.15, 0.2) is 11.6 Å². The number of allylic oxidation sites excluding steroid dienone is 1. The van der Waals surface area contributed by atoms with Crippen LogP contribution in [0.5, 0.6) is 5.75 Å². The fraction of sp³-hybridized carbons (Fsp3) is 0.118. The van der Waals surface area contributed by atoms with Crippen molar-refractivity contribution in [3.05, 3.63) is 71.6 Å². The van der Waals surface area contributed by atoms with Gasteiger partial charge in [-0.05, 0) is 29.3 Å². The van der Waals surface area contributed by atoms with E-state index in [9.17, 15) is 9.18 Å². The molecule has 0 N–H and O–H groups in total. The number of hydrogen-bond donors (Lipinski definition) is 0. The summed E-state index contributed by atoms with van der Waals surface area (Å²) in [6, 6.07) is 16.0. The van der Waals surface area contributed by atoms with Gasteiger partial charge in [0.25, 0.3) is 0 Å². The maximum absolute atomic E-state index is 13.8. The summed E-state index contributed by atoms with van der Waals surface area (Å²) in [5.41, 5.74) is 1.43. The lowest BCUT2D eigenvalue weighted by atomic mass is 10.1. The number of Topliss-reactive ketones (excluding diaryl/α,β-unsaturated/α-hetero) is 1. The first-order chi connectivity index (χ1) is 9.69. The molecule has 2 nitrogen and oxygen atoms in total. The van der Waals surface area contributed by atoms with Crippen LogP contribution in [-0.4, -0.2) is 12.9 Å². The third kappa shape index (κ3) is 3.79. The average molecular weight is 270 g/mol. The van der Waals surface area contributed by atoms with Crippen molar-refractivity contribution in [1.29, 1.82) is 0 Å². The summed E-state index contributed by atoms with van der Waals surface area (Å²) in [5.74, 6) is -0.566. The number of carbonyl (C=O) groups is 1. The number of benzene rings is 2. The standard InChI is InChI=1S/C17H15FO2/c1-20-15-9-7-14(8-10-15)11-16(18)17(19)12-13-5-3-2-4-6-13/h2-11H,12H2,1H3/b16-11+. The minimum absolute atomic E-state index is 0.0688. The smallest absolute Gasteiger partial charge is 0.195 e. The monoisotopic (exact) mass is 270 g/mol. The van der Waals surface area contributed by atoms with Crippen LogP contribution < -0.4 is 4.74 Å². The van der Waals surface area contributed by atoms with Gasteiger partial charge >= 0.3 is 0 Å². The summed E-state index contributed by atoms with van der Waals surface area (Å²) < 4.78 is 18.8. The molecule has 0 aliphatic rings. The molecule has 2 aromatic carbocycles. The molecule has 0 amide bonds. The predicted molar refractivity (Wildman–Crippen MR) is 77.2 cm³/mol.